The Labute approximate surface area is 185 Å². The maximum absolute atomic E-state index is 12.6. The lowest BCUT2D eigenvalue weighted by molar-refractivity contribution is 0.00855. The third-order valence-electron chi connectivity index (χ3n) is 5.92. The Morgan fingerprint density at radius 1 is 1.03 bits per heavy atom. The van der Waals surface area contributed by atoms with Crippen molar-refractivity contribution in [2.75, 3.05) is 18.5 Å². The molecule has 0 bridgehead atoms. The largest absolute Gasteiger partial charge is 0.441 e. The van der Waals surface area contributed by atoms with Crippen LogP contribution < -0.4 is 10.6 Å². The maximum atomic E-state index is 12.6. The minimum atomic E-state index is -0.524. The van der Waals surface area contributed by atoms with Gasteiger partial charge in [-0.15, -0.1) is 0 Å². The van der Waals surface area contributed by atoms with Crippen LogP contribution in [-0.4, -0.2) is 43.7 Å². The Morgan fingerprint density at radius 3 is 2.75 bits per heavy atom. The van der Waals surface area contributed by atoms with Crippen molar-refractivity contribution in [3.63, 3.8) is 0 Å². The second kappa shape index (κ2) is 8.97. The van der Waals surface area contributed by atoms with Crippen LogP contribution in [0.5, 0.6) is 0 Å². The first-order chi connectivity index (χ1) is 15.7. The number of carbonyl (C=O) groups is 1. The Balaban J connectivity index is 1.17. The molecule has 1 amide bonds. The van der Waals surface area contributed by atoms with Gasteiger partial charge in [-0.2, -0.15) is 5.26 Å². The number of benzene rings is 3. The standard InChI is InChI=1S/C25H23N3O4/c26-12-16-5-3-6-17(11-16)13-27-21-14-30-24-22(15-31-23(21)24)32-25(29)28-20-10-4-8-18-7-1-2-9-19(18)20/h1-11,21-24,27H,13-15H2,(H,28,29)/t21-,22+,23+,24+/m0/s1. The molecule has 0 unspecified atom stereocenters. The van der Waals surface area contributed by atoms with Gasteiger partial charge in [0.25, 0.3) is 0 Å². The van der Waals surface area contributed by atoms with Crippen molar-refractivity contribution >= 4 is 22.6 Å². The summed E-state index contributed by atoms with van der Waals surface area (Å²) >= 11 is 0. The first-order valence-corrected chi connectivity index (χ1v) is 10.6. The lowest BCUT2D eigenvalue weighted by Crippen LogP contribution is -2.41. The van der Waals surface area contributed by atoms with Gasteiger partial charge >= 0.3 is 6.09 Å². The molecule has 162 valence electrons. The number of nitrogens with one attached hydrogen (secondary N) is 2. The normalized spacial score (nSPS) is 24.1. The average molecular weight is 429 g/mol. The highest BCUT2D eigenvalue weighted by atomic mass is 16.6. The molecular weight excluding hydrogens is 406 g/mol. The molecule has 0 aliphatic carbocycles. The number of carbonyl (C=O) groups excluding carboxylic acids is 1. The van der Waals surface area contributed by atoms with Crippen molar-refractivity contribution in [3.05, 3.63) is 77.9 Å². The quantitative estimate of drug-likeness (QED) is 0.644. The van der Waals surface area contributed by atoms with E-state index in [4.69, 9.17) is 19.5 Å². The zero-order valence-corrected chi connectivity index (χ0v) is 17.4. The monoisotopic (exact) mass is 429 g/mol. The predicted molar refractivity (Wildman–Crippen MR) is 119 cm³/mol. The summed E-state index contributed by atoms with van der Waals surface area (Å²) in [6, 6.07) is 23.2. The van der Waals surface area contributed by atoms with Gasteiger partial charge in [0, 0.05) is 11.9 Å². The van der Waals surface area contributed by atoms with Crippen molar-refractivity contribution in [2.24, 2.45) is 0 Å². The molecule has 4 atom stereocenters. The van der Waals surface area contributed by atoms with Gasteiger partial charge in [0.1, 0.15) is 12.2 Å². The van der Waals surface area contributed by atoms with Crippen LogP contribution in [0, 0.1) is 11.3 Å². The number of nitriles is 1. The van der Waals surface area contributed by atoms with E-state index in [2.05, 4.69) is 16.7 Å². The summed E-state index contributed by atoms with van der Waals surface area (Å²) in [7, 11) is 0. The van der Waals surface area contributed by atoms with Crippen molar-refractivity contribution < 1.29 is 19.0 Å². The molecule has 7 nitrogen and oxygen atoms in total. The van der Waals surface area contributed by atoms with Crippen LogP contribution in [0.4, 0.5) is 10.5 Å². The molecular formula is C25H23N3O4. The third-order valence-corrected chi connectivity index (χ3v) is 5.92. The zero-order chi connectivity index (χ0) is 21.9. The molecule has 32 heavy (non-hydrogen) atoms. The molecule has 5 rings (SSSR count). The van der Waals surface area contributed by atoms with E-state index < -0.39 is 12.2 Å². The molecule has 3 aromatic rings. The van der Waals surface area contributed by atoms with Crippen LogP contribution in [0.15, 0.2) is 66.7 Å². The summed E-state index contributed by atoms with van der Waals surface area (Å²) in [5.74, 6) is 0. The number of hydrogen-bond donors (Lipinski definition) is 2. The molecule has 0 radical (unpaired) electrons. The third kappa shape index (κ3) is 4.16. The summed E-state index contributed by atoms with van der Waals surface area (Å²) in [5.41, 5.74) is 2.36. The van der Waals surface area contributed by atoms with E-state index in [9.17, 15) is 4.79 Å². The van der Waals surface area contributed by atoms with E-state index in [1.807, 2.05) is 60.7 Å². The summed E-state index contributed by atoms with van der Waals surface area (Å²) in [5, 5.41) is 17.3. The van der Waals surface area contributed by atoms with Gasteiger partial charge in [0.15, 0.2) is 6.10 Å². The topological polar surface area (TPSA) is 92.6 Å². The summed E-state index contributed by atoms with van der Waals surface area (Å²) in [4.78, 5) is 12.6. The van der Waals surface area contributed by atoms with E-state index in [0.717, 1.165) is 16.3 Å². The molecule has 2 aliphatic heterocycles. The molecule has 0 saturated carbocycles. The van der Waals surface area contributed by atoms with E-state index >= 15 is 0 Å². The van der Waals surface area contributed by atoms with Crippen LogP contribution in [0.2, 0.25) is 0 Å². The Kier molecular flexibility index (Phi) is 5.73. The number of hydrogen-bond acceptors (Lipinski definition) is 6. The number of ether oxygens (including phenoxy) is 3. The second-order valence-electron chi connectivity index (χ2n) is 7.99. The minimum Gasteiger partial charge on any atom is -0.441 e. The van der Waals surface area contributed by atoms with Gasteiger partial charge in [-0.3, -0.25) is 5.32 Å². The van der Waals surface area contributed by atoms with E-state index in [1.54, 1.807) is 6.07 Å². The highest BCUT2D eigenvalue weighted by Crippen LogP contribution is 2.30. The van der Waals surface area contributed by atoms with E-state index in [1.165, 1.54) is 0 Å². The number of anilines is 1. The molecule has 0 spiro atoms. The highest BCUT2D eigenvalue weighted by Gasteiger charge is 2.49. The van der Waals surface area contributed by atoms with Crippen LogP contribution in [0.25, 0.3) is 10.8 Å². The van der Waals surface area contributed by atoms with E-state index in [-0.39, 0.29) is 18.2 Å². The molecule has 0 aromatic heterocycles. The van der Waals surface area contributed by atoms with Crippen molar-refractivity contribution in [3.8, 4) is 6.07 Å². The maximum Gasteiger partial charge on any atom is 0.412 e. The van der Waals surface area contributed by atoms with Crippen LogP contribution in [0.1, 0.15) is 11.1 Å². The van der Waals surface area contributed by atoms with Crippen LogP contribution in [-0.2, 0) is 20.8 Å². The van der Waals surface area contributed by atoms with Gasteiger partial charge in [-0.05, 0) is 29.1 Å². The molecule has 2 heterocycles. The predicted octanol–water partition coefficient (Wildman–Crippen LogP) is 3.58. The summed E-state index contributed by atoms with van der Waals surface area (Å²) < 4.78 is 17.5. The Bertz CT molecular complexity index is 1170. The molecule has 2 N–H and O–H groups in total. The first-order valence-electron chi connectivity index (χ1n) is 10.6. The number of nitrogens with zero attached hydrogens (tertiary/aromatic N) is 1. The summed E-state index contributed by atoms with van der Waals surface area (Å²) in [6.07, 6.45) is -1.49. The molecule has 2 fully saturated rings. The molecule has 3 aromatic carbocycles. The van der Waals surface area contributed by atoms with Gasteiger partial charge in [0.2, 0.25) is 0 Å². The lowest BCUT2D eigenvalue weighted by Gasteiger charge is -2.18. The van der Waals surface area contributed by atoms with Gasteiger partial charge in [-0.1, -0.05) is 48.5 Å². The number of fused-ring (bicyclic) bond motifs is 2. The van der Waals surface area contributed by atoms with Crippen LogP contribution >= 0.6 is 0 Å². The Hall–Kier alpha value is -3.44. The van der Waals surface area contributed by atoms with Crippen molar-refractivity contribution in [1.29, 1.82) is 5.26 Å². The summed E-state index contributed by atoms with van der Waals surface area (Å²) in [6.45, 7) is 1.36. The van der Waals surface area contributed by atoms with Gasteiger partial charge in [-0.25, -0.2) is 4.79 Å². The zero-order valence-electron chi connectivity index (χ0n) is 17.4. The smallest absolute Gasteiger partial charge is 0.412 e. The van der Waals surface area contributed by atoms with E-state index in [0.29, 0.717) is 31.0 Å². The molecule has 2 aliphatic rings. The van der Waals surface area contributed by atoms with Crippen LogP contribution in [0.3, 0.4) is 0 Å². The molecule has 7 heteroatoms. The SMILES string of the molecule is N#Cc1cccc(CN[C@H]2CO[C@H]3[C@@H]2OC[C@H]3OC(=O)Nc2cccc3ccccc23)c1. The van der Waals surface area contributed by atoms with Crippen molar-refractivity contribution in [2.45, 2.75) is 30.9 Å². The number of amides is 1. The fourth-order valence-corrected chi connectivity index (χ4v) is 4.35. The average Bonchev–Trinajstić information content (AvgIpc) is 3.41. The second-order valence-corrected chi connectivity index (χ2v) is 7.99. The molecule has 2 saturated heterocycles. The lowest BCUT2D eigenvalue weighted by atomic mass is 10.1. The van der Waals surface area contributed by atoms with Gasteiger partial charge in [0.05, 0.1) is 36.6 Å². The highest BCUT2D eigenvalue weighted by molar-refractivity contribution is 6.00. The van der Waals surface area contributed by atoms with Gasteiger partial charge < -0.3 is 19.5 Å². The first kappa shape index (κ1) is 20.5. The minimum absolute atomic E-state index is 0.0135. The fourth-order valence-electron chi connectivity index (χ4n) is 4.35. The number of rotatable bonds is 5. The fraction of sp³-hybridized carbons (Fsp3) is 0.280. The Morgan fingerprint density at radius 2 is 1.84 bits per heavy atom. The van der Waals surface area contributed by atoms with Crippen molar-refractivity contribution in [1.82, 2.24) is 5.32 Å².